The molecule has 0 aliphatic heterocycles. The van der Waals surface area contributed by atoms with Gasteiger partial charge in [-0.15, -0.1) is 0 Å². The second-order valence-corrected chi connectivity index (χ2v) is 5.67. The van der Waals surface area contributed by atoms with Crippen molar-refractivity contribution in [3.8, 4) is 5.75 Å². The molecule has 1 unspecified atom stereocenters. The summed E-state index contributed by atoms with van der Waals surface area (Å²) in [5, 5.41) is 22.8. The zero-order valence-corrected chi connectivity index (χ0v) is 12.2. The van der Waals surface area contributed by atoms with Gasteiger partial charge in [0.05, 0.1) is 6.10 Å². The second kappa shape index (κ2) is 6.24. The Bertz CT molecular complexity index is 599. The molecule has 112 valence electrons. The first kappa shape index (κ1) is 15.5. The van der Waals surface area contributed by atoms with E-state index in [0.29, 0.717) is 12.1 Å². The Morgan fingerprint density at radius 1 is 1.14 bits per heavy atom. The van der Waals surface area contributed by atoms with Gasteiger partial charge in [0.15, 0.2) is 11.6 Å². The zero-order valence-electron chi connectivity index (χ0n) is 12.2. The summed E-state index contributed by atoms with van der Waals surface area (Å²) in [7, 11) is 0. The van der Waals surface area contributed by atoms with Crippen molar-refractivity contribution < 1.29 is 14.6 Å². The highest BCUT2D eigenvalue weighted by molar-refractivity contribution is 5.28. The maximum atomic E-state index is 13.3. The van der Waals surface area contributed by atoms with Crippen molar-refractivity contribution >= 4 is 0 Å². The Labute approximate surface area is 124 Å². The highest BCUT2D eigenvalue weighted by Gasteiger charge is 2.28. The van der Waals surface area contributed by atoms with E-state index >= 15 is 0 Å². The Morgan fingerprint density at radius 3 is 2.43 bits per heavy atom. The standard InChI is InChI=1S/C17H20FNO2/c1-17(2,16(21)13-6-4-3-5-7-13)19-11-12-8-9-15(20)14(18)10-12/h3-10,16,19-21H,11H2,1-2H3. The molecule has 0 amide bonds. The van der Waals surface area contributed by atoms with Crippen molar-refractivity contribution in [2.24, 2.45) is 0 Å². The number of phenolic OH excluding ortho intramolecular Hbond substituents is 1. The Hall–Kier alpha value is -1.91. The minimum absolute atomic E-state index is 0.359. The van der Waals surface area contributed by atoms with Crippen LogP contribution >= 0.6 is 0 Å². The number of hydrogen-bond acceptors (Lipinski definition) is 3. The van der Waals surface area contributed by atoms with Crippen LogP contribution in [0.2, 0.25) is 0 Å². The van der Waals surface area contributed by atoms with E-state index in [0.717, 1.165) is 5.56 Å². The van der Waals surface area contributed by atoms with Crippen molar-refractivity contribution in [3.05, 3.63) is 65.5 Å². The molecule has 0 spiro atoms. The zero-order chi connectivity index (χ0) is 15.5. The summed E-state index contributed by atoms with van der Waals surface area (Å²) in [5.41, 5.74) is 0.959. The largest absolute Gasteiger partial charge is 0.505 e. The lowest BCUT2D eigenvalue weighted by Gasteiger charge is -2.32. The fraction of sp³-hybridized carbons (Fsp3) is 0.294. The molecule has 0 heterocycles. The van der Waals surface area contributed by atoms with Gasteiger partial charge in [-0.25, -0.2) is 4.39 Å². The van der Waals surface area contributed by atoms with Crippen LogP contribution in [0.3, 0.4) is 0 Å². The van der Waals surface area contributed by atoms with Crippen molar-refractivity contribution in [3.63, 3.8) is 0 Å². The molecule has 2 aromatic carbocycles. The lowest BCUT2D eigenvalue weighted by molar-refractivity contribution is 0.0791. The van der Waals surface area contributed by atoms with Gasteiger partial charge in [0.2, 0.25) is 0 Å². The Balaban J connectivity index is 2.05. The van der Waals surface area contributed by atoms with Crippen LogP contribution in [0.5, 0.6) is 5.75 Å². The maximum absolute atomic E-state index is 13.3. The number of aliphatic hydroxyl groups excluding tert-OH is 1. The van der Waals surface area contributed by atoms with Gasteiger partial charge in [0.1, 0.15) is 0 Å². The van der Waals surface area contributed by atoms with Crippen LogP contribution in [0.4, 0.5) is 4.39 Å². The van der Waals surface area contributed by atoms with Gasteiger partial charge >= 0.3 is 0 Å². The van der Waals surface area contributed by atoms with E-state index in [2.05, 4.69) is 5.32 Å². The SMILES string of the molecule is CC(C)(NCc1ccc(O)c(F)c1)C(O)c1ccccc1. The molecule has 21 heavy (non-hydrogen) atoms. The van der Waals surface area contributed by atoms with Gasteiger partial charge in [0.25, 0.3) is 0 Å². The summed E-state index contributed by atoms with van der Waals surface area (Å²) < 4.78 is 13.3. The van der Waals surface area contributed by atoms with E-state index in [-0.39, 0.29) is 5.75 Å². The summed E-state index contributed by atoms with van der Waals surface area (Å²) in [6.07, 6.45) is -0.680. The lowest BCUT2D eigenvalue weighted by Crippen LogP contribution is -2.44. The van der Waals surface area contributed by atoms with Crippen LogP contribution in [-0.2, 0) is 6.54 Å². The summed E-state index contributed by atoms with van der Waals surface area (Å²) in [5.74, 6) is -1.00. The van der Waals surface area contributed by atoms with E-state index in [4.69, 9.17) is 0 Å². The first-order valence-electron chi connectivity index (χ1n) is 6.85. The van der Waals surface area contributed by atoms with Crippen LogP contribution in [0.15, 0.2) is 48.5 Å². The molecule has 2 rings (SSSR count). The monoisotopic (exact) mass is 289 g/mol. The van der Waals surface area contributed by atoms with E-state index in [1.54, 1.807) is 6.07 Å². The quantitative estimate of drug-likeness (QED) is 0.792. The fourth-order valence-electron chi connectivity index (χ4n) is 2.14. The predicted molar refractivity (Wildman–Crippen MR) is 80.4 cm³/mol. The number of halogens is 1. The normalized spacial score (nSPS) is 13.1. The minimum atomic E-state index is -0.680. The van der Waals surface area contributed by atoms with E-state index in [1.165, 1.54) is 12.1 Å². The number of hydrogen-bond donors (Lipinski definition) is 3. The van der Waals surface area contributed by atoms with E-state index in [9.17, 15) is 14.6 Å². The van der Waals surface area contributed by atoms with Crippen molar-refractivity contribution in [2.45, 2.75) is 32.0 Å². The number of nitrogens with one attached hydrogen (secondary N) is 1. The van der Waals surface area contributed by atoms with Crippen molar-refractivity contribution in [1.29, 1.82) is 0 Å². The van der Waals surface area contributed by atoms with Gasteiger partial charge < -0.3 is 15.5 Å². The molecular weight excluding hydrogens is 269 g/mol. The summed E-state index contributed by atoms with van der Waals surface area (Å²) in [6, 6.07) is 13.7. The Morgan fingerprint density at radius 2 is 1.81 bits per heavy atom. The van der Waals surface area contributed by atoms with Crippen LogP contribution in [0.1, 0.15) is 31.1 Å². The summed E-state index contributed by atoms with van der Waals surface area (Å²) in [4.78, 5) is 0. The van der Waals surface area contributed by atoms with Gasteiger partial charge in [-0.05, 0) is 37.1 Å². The molecule has 3 N–H and O–H groups in total. The van der Waals surface area contributed by atoms with E-state index < -0.39 is 17.5 Å². The molecule has 4 heteroatoms. The van der Waals surface area contributed by atoms with E-state index in [1.807, 2.05) is 44.2 Å². The molecular formula is C17H20FNO2. The molecule has 0 saturated carbocycles. The maximum Gasteiger partial charge on any atom is 0.165 e. The predicted octanol–water partition coefficient (Wildman–Crippen LogP) is 3.13. The number of rotatable bonds is 5. The number of aromatic hydroxyl groups is 1. The highest BCUT2D eigenvalue weighted by Crippen LogP contribution is 2.26. The average Bonchev–Trinajstić information content (AvgIpc) is 2.48. The molecule has 1 atom stereocenters. The van der Waals surface area contributed by atoms with Gasteiger partial charge in [0, 0.05) is 12.1 Å². The van der Waals surface area contributed by atoms with Crippen LogP contribution in [0, 0.1) is 5.82 Å². The number of benzene rings is 2. The third-order valence-corrected chi connectivity index (χ3v) is 3.56. The number of phenols is 1. The Kier molecular flexibility index (Phi) is 4.60. The van der Waals surface area contributed by atoms with Gasteiger partial charge in [-0.3, -0.25) is 0 Å². The molecule has 0 bridgehead atoms. The third kappa shape index (κ3) is 3.80. The van der Waals surface area contributed by atoms with Crippen molar-refractivity contribution in [1.82, 2.24) is 5.32 Å². The molecule has 0 aromatic heterocycles. The molecule has 0 fully saturated rings. The average molecular weight is 289 g/mol. The first-order chi connectivity index (χ1) is 9.90. The smallest absolute Gasteiger partial charge is 0.165 e. The van der Waals surface area contributed by atoms with Crippen molar-refractivity contribution in [2.75, 3.05) is 0 Å². The first-order valence-corrected chi connectivity index (χ1v) is 6.85. The summed E-state index contributed by atoms with van der Waals surface area (Å²) in [6.45, 7) is 4.18. The van der Waals surface area contributed by atoms with Crippen LogP contribution in [-0.4, -0.2) is 15.8 Å². The molecule has 0 saturated heterocycles. The fourth-order valence-corrected chi connectivity index (χ4v) is 2.14. The lowest BCUT2D eigenvalue weighted by atomic mass is 9.91. The van der Waals surface area contributed by atoms with Crippen LogP contribution in [0.25, 0.3) is 0 Å². The topological polar surface area (TPSA) is 52.5 Å². The minimum Gasteiger partial charge on any atom is -0.505 e. The molecule has 3 nitrogen and oxygen atoms in total. The van der Waals surface area contributed by atoms with Crippen LogP contribution < -0.4 is 5.32 Å². The number of aliphatic hydroxyl groups is 1. The van der Waals surface area contributed by atoms with Gasteiger partial charge in [-0.1, -0.05) is 36.4 Å². The third-order valence-electron chi connectivity index (χ3n) is 3.56. The molecule has 0 aliphatic carbocycles. The molecule has 2 aromatic rings. The second-order valence-electron chi connectivity index (χ2n) is 5.67. The highest BCUT2D eigenvalue weighted by atomic mass is 19.1. The van der Waals surface area contributed by atoms with Gasteiger partial charge in [-0.2, -0.15) is 0 Å². The summed E-state index contributed by atoms with van der Waals surface area (Å²) >= 11 is 0. The molecule has 0 radical (unpaired) electrons. The molecule has 0 aliphatic rings.